The number of benzene rings is 2. The van der Waals surface area contributed by atoms with Gasteiger partial charge in [0.15, 0.2) is 5.82 Å². The number of hydrogen-bond acceptors (Lipinski definition) is 7. The number of rotatable bonds is 8. The van der Waals surface area contributed by atoms with Crippen molar-refractivity contribution in [3.63, 3.8) is 0 Å². The summed E-state index contributed by atoms with van der Waals surface area (Å²) >= 11 is 8.01. The van der Waals surface area contributed by atoms with E-state index in [4.69, 9.17) is 20.9 Å². The zero-order valence-corrected chi connectivity index (χ0v) is 19.4. The van der Waals surface area contributed by atoms with Crippen LogP contribution in [-0.4, -0.2) is 53.8 Å². The van der Waals surface area contributed by atoms with Gasteiger partial charge in [-0.2, -0.15) is 4.98 Å². The van der Waals surface area contributed by atoms with Crippen molar-refractivity contribution in [2.75, 3.05) is 32.8 Å². The normalized spacial score (nSPS) is 15.4. The molecule has 32 heavy (non-hydrogen) atoms. The number of hydrogen-bond donors (Lipinski definition) is 1. The van der Waals surface area contributed by atoms with E-state index in [1.807, 2.05) is 48.5 Å². The molecule has 0 spiro atoms. The van der Waals surface area contributed by atoms with Gasteiger partial charge in [0, 0.05) is 36.5 Å². The van der Waals surface area contributed by atoms with Crippen LogP contribution in [0.1, 0.15) is 33.7 Å². The predicted octanol–water partition coefficient (Wildman–Crippen LogP) is 4.13. The van der Waals surface area contributed by atoms with Crippen LogP contribution < -0.4 is 5.32 Å². The summed E-state index contributed by atoms with van der Waals surface area (Å²) in [7, 11) is 0. The molecule has 0 radical (unpaired) electrons. The van der Waals surface area contributed by atoms with E-state index in [0.29, 0.717) is 47.8 Å². The molecule has 7 nitrogen and oxygen atoms in total. The van der Waals surface area contributed by atoms with Gasteiger partial charge in [-0.25, -0.2) is 0 Å². The van der Waals surface area contributed by atoms with Crippen molar-refractivity contribution in [3.05, 3.63) is 76.4 Å². The maximum atomic E-state index is 13.1. The number of aryl methyl sites for hydroxylation is 1. The second kappa shape index (κ2) is 11.0. The molecule has 1 amide bonds. The fourth-order valence-corrected chi connectivity index (χ4v) is 4.83. The molecule has 1 aliphatic heterocycles. The van der Waals surface area contributed by atoms with Crippen molar-refractivity contribution in [2.24, 2.45) is 0 Å². The topological polar surface area (TPSA) is 80.5 Å². The number of nitrogens with zero attached hydrogens (tertiary/aromatic N) is 3. The molecule has 3 aromatic rings. The monoisotopic (exact) mass is 472 g/mol. The van der Waals surface area contributed by atoms with Gasteiger partial charge in [-0.15, -0.1) is 11.8 Å². The summed E-state index contributed by atoms with van der Waals surface area (Å²) in [6.07, 6.45) is 0. The molecule has 9 heteroatoms. The van der Waals surface area contributed by atoms with Gasteiger partial charge in [0.1, 0.15) is 0 Å². The third-order valence-electron chi connectivity index (χ3n) is 5.26. The quantitative estimate of drug-likeness (QED) is 0.494. The number of halogens is 1. The Morgan fingerprint density at radius 2 is 1.94 bits per heavy atom. The first-order valence-electron chi connectivity index (χ1n) is 10.5. The summed E-state index contributed by atoms with van der Waals surface area (Å²) in [4.78, 5) is 20.5. The average Bonchev–Trinajstić information content (AvgIpc) is 3.24. The molecular formula is C23H25ClN4O3S. The Balaban J connectivity index is 1.46. The molecule has 1 aliphatic rings. The molecule has 0 bridgehead atoms. The lowest BCUT2D eigenvalue weighted by atomic mass is 10.0. The zero-order valence-electron chi connectivity index (χ0n) is 17.8. The minimum atomic E-state index is -0.122. The van der Waals surface area contributed by atoms with Gasteiger partial charge in [-0.3, -0.25) is 9.69 Å². The van der Waals surface area contributed by atoms with Gasteiger partial charge in [-0.1, -0.05) is 47.1 Å². The fraction of sp³-hybridized carbons (Fsp3) is 0.348. The molecule has 0 aliphatic carbocycles. The molecule has 1 saturated heterocycles. The predicted molar refractivity (Wildman–Crippen MR) is 124 cm³/mol. The number of ether oxygens (including phenoxy) is 1. The van der Waals surface area contributed by atoms with Gasteiger partial charge in [0.2, 0.25) is 5.89 Å². The Labute approximate surface area is 196 Å². The van der Waals surface area contributed by atoms with Crippen molar-refractivity contribution >= 4 is 29.3 Å². The number of thioether (sulfide) groups is 1. The first-order chi connectivity index (χ1) is 15.6. The van der Waals surface area contributed by atoms with Gasteiger partial charge in [0.05, 0.1) is 30.6 Å². The van der Waals surface area contributed by atoms with Crippen LogP contribution in [0.15, 0.2) is 57.9 Å². The highest BCUT2D eigenvalue weighted by Crippen LogP contribution is 2.29. The van der Waals surface area contributed by atoms with Crippen LogP contribution in [0.5, 0.6) is 0 Å². The van der Waals surface area contributed by atoms with E-state index in [9.17, 15) is 4.79 Å². The minimum absolute atomic E-state index is 0.0290. The van der Waals surface area contributed by atoms with E-state index in [-0.39, 0.29) is 11.9 Å². The molecule has 1 fully saturated rings. The second-order valence-electron chi connectivity index (χ2n) is 7.41. The van der Waals surface area contributed by atoms with Crippen LogP contribution in [0.4, 0.5) is 0 Å². The van der Waals surface area contributed by atoms with Crippen molar-refractivity contribution < 1.29 is 14.1 Å². The molecule has 1 unspecified atom stereocenters. The van der Waals surface area contributed by atoms with Crippen LogP contribution in [0.3, 0.4) is 0 Å². The van der Waals surface area contributed by atoms with Crippen LogP contribution in [-0.2, 0) is 10.5 Å². The highest BCUT2D eigenvalue weighted by atomic mass is 35.5. The Kier molecular flexibility index (Phi) is 7.81. The molecule has 2 aromatic carbocycles. The largest absolute Gasteiger partial charge is 0.379 e. The first kappa shape index (κ1) is 22.8. The Morgan fingerprint density at radius 1 is 1.19 bits per heavy atom. The Bertz CT molecular complexity index is 1050. The van der Waals surface area contributed by atoms with E-state index < -0.39 is 0 Å². The first-order valence-corrected chi connectivity index (χ1v) is 11.8. The van der Waals surface area contributed by atoms with E-state index >= 15 is 0 Å². The number of aromatic nitrogens is 2. The highest BCUT2D eigenvalue weighted by Gasteiger charge is 2.25. The summed E-state index contributed by atoms with van der Waals surface area (Å²) < 4.78 is 10.5. The molecule has 2 heterocycles. The summed E-state index contributed by atoms with van der Waals surface area (Å²) in [5.74, 6) is 1.54. The summed E-state index contributed by atoms with van der Waals surface area (Å²) in [5.41, 5.74) is 1.63. The summed E-state index contributed by atoms with van der Waals surface area (Å²) in [5, 5.41) is 7.74. The lowest BCUT2D eigenvalue weighted by Crippen LogP contribution is -2.44. The van der Waals surface area contributed by atoms with Crippen molar-refractivity contribution in [1.82, 2.24) is 20.4 Å². The number of carbonyl (C=O) groups excluding carboxylic acids is 1. The number of nitrogens with one attached hydrogen (secondary N) is 1. The Hall–Kier alpha value is -2.39. The van der Waals surface area contributed by atoms with Crippen LogP contribution >= 0.6 is 23.4 Å². The molecule has 0 saturated carbocycles. The fourth-order valence-electron chi connectivity index (χ4n) is 3.68. The van der Waals surface area contributed by atoms with Crippen LogP contribution in [0, 0.1) is 6.92 Å². The van der Waals surface area contributed by atoms with Crippen molar-refractivity contribution in [3.8, 4) is 0 Å². The number of morpholine rings is 1. The van der Waals surface area contributed by atoms with E-state index in [2.05, 4.69) is 20.4 Å². The van der Waals surface area contributed by atoms with Crippen molar-refractivity contribution in [1.29, 1.82) is 0 Å². The van der Waals surface area contributed by atoms with Crippen molar-refractivity contribution in [2.45, 2.75) is 23.6 Å². The molecular weight excluding hydrogens is 448 g/mol. The van der Waals surface area contributed by atoms with E-state index in [0.717, 1.165) is 23.5 Å². The molecule has 1 aromatic heterocycles. The minimum Gasteiger partial charge on any atom is -0.379 e. The van der Waals surface area contributed by atoms with Gasteiger partial charge < -0.3 is 14.6 Å². The molecule has 168 valence electrons. The number of amides is 1. The average molecular weight is 473 g/mol. The SMILES string of the molecule is Cc1nc(CSc2ccccc2C(=O)NCC(c2ccccc2Cl)N2CCOCC2)no1. The lowest BCUT2D eigenvalue weighted by Gasteiger charge is -2.35. The lowest BCUT2D eigenvalue weighted by molar-refractivity contribution is 0.0162. The van der Waals surface area contributed by atoms with Crippen LogP contribution in [0.2, 0.25) is 5.02 Å². The summed E-state index contributed by atoms with van der Waals surface area (Å²) in [6.45, 7) is 5.14. The molecule has 4 rings (SSSR count). The van der Waals surface area contributed by atoms with Gasteiger partial charge in [-0.05, 0) is 23.8 Å². The maximum absolute atomic E-state index is 13.1. The molecule has 1 N–H and O–H groups in total. The van der Waals surface area contributed by atoms with E-state index in [1.165, 1.54) is 11.8 Å². The van der Waals surface area contributed by atoms with Gasteiger partial charge in [0.25, 0.3) is 5.91 Å². The summed E-state index contributed by atoms with van der Waals surface area (Å²) in [6, 6.07) is 15.3. The highest BCUT2D eigenvalue weighted by molar-refractivity contribution is 7.98. The maximum Gasteiger partial charge on any atom is 0.252 e. The second-order valence-corrected chi connectivity index (χ2v) is 8.83. The number of carbonyl (C=O) groups is 1. The third-order valence-corrected chi connectivity index (χ3v) is 6.68. The zero-order chi connectivity index (χ0) is 22.3. The van der Waals surface area contributed by atoms with Crippen LogP contribution in [0.25, 0.3) is 0 Å². The smallest absolute Gasteiger partial charge is 0.252 e. The van der Waals surface area contributed by atoms with E-state index in [1.54, 1.807) is 6.92 Å². The van der Waals surface area contributed by atoms with Gasteiger partial charge >= 0.3 is 0 Å². The molecule has 1 atom stereocenters. The Morgan fingerprint density at radius 3 is 2.69 bits per heavy atom. The standard InChI is InChI=1S/C23H25ClN4O3S/c1-16-26-22(27-31-16)15-32-21-9-5-3-7-18(21)23(29)25-14-20(28-10-12-30-13-11-28)17-6-2-4-8-19(17)24/h2-9,20H,10-15H2,1H3,(H,25,29). The third kappa shape index (κ3) is 5.69.